The Kier molecular flexibility index (Phi) is 5.13. The molecule has 0 N–H and O–H groups in total. The summed E-state index contributed by atoms with van der Waals surface area (Å²) in [5, 5.41) is 7.40. The molecule has 122 valence electrons. The third-order valence-electron chi connectivity index (χ3n) is 3.29. The van der Waals surface area contributed by atoms with Gasteiger partial charge in [0.05, 0.1) is 18.5 Å². The lowest BCUT2D eigenvalue weighted by Crippen LogP contribution is -2.14. The SMILES string of the molecule is C=CCN=c1scc(-c2cccc(Cl)c2)n1N=C(C)c1ccco1. The van der Waals surface area contributed by atoms with Gasteiger partial charge in [-0.05, 0) is 31.2 Å². The van der Waals surface area contributed by atoms with Crippen molar-refractivity contribution in [3.05, 3.63) is 76.3 Å². The first kappa shape index (κ1) is 16.5. The van der Waals surface area contributed by atoms with E-state index in [1.165, 1.54) is 11.3 Å². The Balaban J connectivity index is 2.16. The Morgan fingerprint density at radius 2 is 2.25 bits per heavy atom. The topological polar surface area (TPSA) is 42.8 Å². The molecule has 0 fully saturated rings. The minimum atomic E-state index is 0.533. The van der Waals surface area contributed by atoms with E-state index in [1.807, 2.05) is 53.4 Å². The van der Waals surface area contributed by atoms with E-state index in [2.05, 4.69) is 11.6 Å². The van der Waals surface area contributed by atoms with E-state index in [1.54, 1.807) is 12.3 Å². The number of furan rings is 1. The molecule has 0 amide bonds. The fourth-order valence-electron chi connectivity index (χ4n) is 2.18. The number of hydrogen-bond donors (Lipinski definition) is 0. The fourth-order valence-corrected chi connectivity index (χ4v) is 3.21. The van der Waals surface area contributed by atoms with Crippen LogP contribution in [0.4, 0.5) is 0 Å². The molecule has 0 saturated heterocycles. The molecule has 0 saturated carbocycles. The van der Waals surface area contributed by atoms with E-state index in [4.69, 9.17) is 21.1 Å². The first-order valence-electron chi connectivity index (χ1n) is 7.36. The second kappa shape index (κ2) is 7.47. The van der Waals surface area contributed by atoms with Gasteiger partial charge < -0.3 is 4.42 Å². The Morgan fingerprint density at radius 3 is 2.96 bits per heavy atom. The van der Waals surface area contributed by atoms with Gasteiger partial charge in [0.2, 0.25) is 4.80 Å². The molecular weight excluding hydrogens is 342 g/mol. The fraction of sp³-hybridized carbons (Fsp3) is 0.111. The molecule has 0 aliphatic carbocycles. The zero-order chi connectivity index (χ0) is 16.9. The minimum Gasteiger partial charge on any atom is -0.463 e. The van der Waals surface area contributed by atoms with Crippen LogP contribution in [0.2, 0.25) is 5.02 Å². The Labute approximate surface area is 149 Å². The third kappa shape index (κ3) is 3.58. The molecule has 3 aromatic rings. The number of nitrogens with zero attached hydrogens (tertiary/aromatic N) is 3. The minimum absolute atomic E-state index is 0.533. The largest absolute Gasteiger partial charge is 0.463 e. The molecule has 0 bridgehead atoms. The lowest BCUT2D eigenvalue weighted by molar-refractivity contribution is 0.556. The average Bonchev–Trinajstić information content (AvgIpc) is 3.23. The van der Waals surface area contributed by atoms with Gasteiger partial charge in [-0.25, -0.2) is 4.68 Å². The second-order valence-corrected chi connectivity index (χ2v) is 6.29. The lowest BCUT2D eigenvalue weighted by Gasteiger charge is -2.05. The number of benzene rings is 1. The van der Waals surface area contributed by atoms with E-state index in [-0.39, 0.29) is 0 Å². The number of halogens is 1. The smallest absolute Gasteiger partial charge is 0.206 e. The predicted octanol–water partition coefficient (Wildman–Crippen LogP) is 4.82. The highest BCUT2D eigenvalue weighted by atomic mass is 35.5. The molecule has 6 heteroatoms. The standard InChI is InChI=1S/C18H16ClN3OS/c1-3-9-20-18-22(21-13(2)17-8-5-10-23-17)16(12-24-18)14-6-4-7-15(19)11-14/h3-8,10-12H,1,9H2,2H3. The van der Waals surface area contributed by atoms with Gasteiger partial charge >= 0.3 is 0 Å². The van der Waals surface area contributed by atoms with E-state index in [0.717, 1.165) is 27.5 Å². The van der Waals surface area contributed by atoms with Crippen LogP contribution in [0, 0.1) is 0 Å². The first-order valence-corrected chi connectivity index (χ1v) is 8.62. The van der Waals surface area contributed by atoms with Crippen molar-refractivity contribution in [3.8, 4) is 11.3 Å². The van der Waals surface area contributed by atoms with Crippen LogP contribution in [0.25, 0.3) is 11.3 Å². The molecule has 4 nitrogen and oxygen atoms in total. The molecule has 3 rings (SSSR count). The van der Waals surface area contributed by atoms with Gasteiger partial charge in [0, 0.05) is 16.0 Å². The van der Waals surface area contributed by atoms with Gasteiger partial charge in [-0.2, -0.15) is 5.10 Å². The van der Waals surface area contributed by atoms with Crippen LogP contribution in [-0.4, -0.2) is 16.9 Å². The summed E-state index contributed by atoms with van der Waals surface area (Å²) >= 11 is 7.65. The Hall–Kier alpha value is -2.37. The highest BCUT2D eigenvalue weighted by molar-refractivity contribution is 7.07. The monoisotopic (exact) mass is 357 g/mol. The van der Waals surface area contributed by atoms with Crippen LogP contribution < -0.4 is 4.80 Å². The quantitative estimate of drug-likeness (QED) is 0.476. The number of rotatable bonds is 5. The summed E-state index contributed by atoms with van der Waals surface area (Å²) in [4.78, 5) is 5.31. The zero-order valence-corrected chi connectivity index (χ0v) is 14.7. The van der Waals surface area contributed by atoms with Crippen LogP contribution in [0.15, 0.2) is 75.2 Å². The lowest BCUT2D eigenvalue weighted by atomic mass is 10.2. The highest BCUT2D eigenvalue weighted by Crippen LogP contribution is 2.23. The molecule has 0 unspecified atom stereocenters. The van der Waals surface area contributed by atoms with Gasteiger partial charge in [0.25, 0.3) is 0 Å². The van der Waals surface area contributed by atoms with Crippen LogP contribution in [0.5, 0.6) is 0 Å². The van der Waals surface area contributed by atoms with Crippen molar-refractivity contribution in [2.45, 2.75) is 6.92 Å². The highest BCUT2D eigenvalue weighted by Gasteiger charge is 2.10. The van der Waals surface area contributed by atoms with E-state index in [9.17, 15) is 0 Å². The van der Waals surface area contributed by atoms with Crippen molar-refractivity contribution >= 4 is 28.6 Å². The summed E-state index contributed by atoms with van der Waals surface area (Å²) in [7, 11) is 0. The van der Waals surface area contributed by atoms with Crippen LogP contribution in [-0.2, 0) is 0 Å². The molecule has 1 aromatic carbocycles. The Morgan fingerprint density at radius 1 is 1.38 bits per heavy atom. The summed E-state index contributed by atoms with van der Waals surface area (Å²) in [6.45, 7) is 6.15. The van der Waals surface area contributed by atoms with Crippen LogP contribution in [0.1, 0.15) is 12.7 Å². The molecule has 0 aliphatic heterocycles. The molecule has 0 radical (unpaired) electrons. The van der Waals surface area contributed by atoms with Crippen LogP contribution in [0.3, 0.4) is 0 Å². The molecule has 24 heavy (non-hydrogen) atoms. The van der Waals surface area contributed by atoms with Gasteiger partial charge in [0.15, 0.2) is 0 Å². The van der Waals surface area contributed by atoms with Gasteiger partial charge in [0.1, 0.15) is 11.5 Å². The summed E-state index contributed by atoms with van der Waals surface area (Å²) in [6.07, 6.45) is 3.39. The van der Waals surface area contributed by atoms with Crippen molar-refractivity contribution in [3.63, 3.8) is 0 Å². The maximum Gasteiger partial charge on any atom is 0.206 e. The van der Waals surface area contributed by atoms with Crippen LogP contribution >= 0.6 is 22.9 Å². The summed E-state index contributed by atoms with van der Waals surface area (Å²) in [5.41, 5.74) is 2.67. The Bertz CT molecular complexity index is 935. The van der Waals surface area contributed by atoms with Crippen molar-refractivity contribution in [1.29, 1.82) is 0 Å². The maximum atomic E-state index is 6.13. The van der Waals surface area contributed by atoms with Crippen molar-refractivity contribution in [1.82, 2.24) is 4.68 Å². The van der Waals surface area contributed by atoms with Crippen molar-refractivity contribution in [2.24, 2.45) is 10.1 Å². The zero-order valence-electron chi connectivity index (χ0n) is 13.1. The molecule has 2 aromatic heterocycles. The molecular formula is C18H16ClN3OS. The second-order valence-electron chi connectivity index (χ2n) is 5.02. The normalized spacial score (nSPS) is 12.6. The van der Waals surface area contributed by atoms with Gasteiger partial charge in [-0.15, -0.1) is 17.9 Å². The van der Waals surface area contributed by atoms with Gasteiger partial charge in [-0.1, -0.05) is 29.8 Å². The number of aromatic nitrogens is 1. The summed E-state index contributed by atoms with van der Waals surface area (Å²) in [5.74, 6) is 0.723. The number of thiazole rings is 1. The summed E-state index contributed by atoms with van der Waals surface area (Å²) < 4.78 is 7.24. The maximum absolute atomic E-state index is 6.13. The van der Waals surface area contributed by atoms with Crippen molar-refractivity contribution in [2.75, 3.05) is 6.54 Å². The summed E-state index contributed by atoms with van der Waals surface area (Å²) in [6, 6.07) is 11.4. The molecule has 0 spiro atoms. The molecule has 2 heterocycles. The average molecular weight is 358 g/mol. The van der Waals surface area contributed by atoms with E-state index in [0.29, 0.717) is 11.6 Å². The van der Waals surface area contributed by atoms with E-state index >= 15 is 0 Å². The number of hydrogen-bond acceptors (Lipinski definition) is 4. The molecule has 0 atom stereocenters. The van der Waals surface area contributed by atoms with Crippen molar-refractivity contribution < 1.29 is 4.42 Å². The molecule has 0 aliphatic rings. The third-order valence-corrected chi connectivity index (χ3v) is 4.38. The predicted molar refractivity (Wildman–Crippen MR) is 99.7 cm³/mol. The van der Waals surface area contributed by atoms with E-state index < -0.39 is 0 Å². The first-order chi connectivity index (χ1) is 11.7. The van der Waals surface area contributed by atoms with Gasteiger partial charge in [-0.3, -0.25) is 4.99 Å².